The number of benzene rings is 1. The zero-order chi connectivity index (χ0) is 20.3. The molecule has 10 heteroatoms. The van der Waals surface area contributed by atoms with Crippen LogP contribution in [0.3, 0.4) is 0 Å². The van der Waals surface area contributed by atoms with Gasteiger partial charge in [0, 0.05) is 12.8 Å². The van der Waals surface area contributed by atoms with Crippen molar-refractivity contribution in [2.75, 3.05) is 39.5 Å². The third-order valence-electron chi connectivity index (χ3n) is 4.97. The number of imide groups is 1. The molecule has 9 nitrogen and oxygen atoms in total. The number of rotatable bonds is 6. The van der Waals surface area contributed by atoms with Crippen LogP contribution in [-0.4, -0.2) is 74.9 Å². The summed E-state index contributed by atoms with van der Waals surface area (Å²) in [5, 5.41) is 0. The smallest absolute Gasteiger partial charge is 0.338 e. The highest BCUT2D eigenvalue weighted by molar-refractivity contribution is 7.89. The zero-order valence-electron chi connectivity index (χ0n) is 15.7. The zero-order valence-corrected chi connectivity index (χ0v) is 16.5. The molecule has 1 N–H and O–H groups in total. The predicted octanol–water partition coefficient (Wildman–Crippen LogP) is -1.14. The van der Waals surface area contributed by atoms with Gasteiger partial charge in [-0.25, -0.2) is 18.1 Å². The Balaban J connectivity index is 1.60. The van der Waals surface area contributed by atoms with E-state index in [1.807, 2.05) is 0 Å². The van der Waals surface area contributed by atoms with Gasteiger partial charge in [-0.1, -0.05) is 0 Å². The Kier molecular flexibility index (Phi) is 6.11. The van der Waals surface area contributed by atoms with E-state index in [9.17, 15) is 22.8 Å². The molecule has 28 heavy (non-hydrogen) atoms. The Morgan fingerprint density at radius 2 is 1.64 bits per heavy atom. The average Bonchev–Trinajstić information content (AvgIpc) is 3.01. The van der Waals surface area contributed by atoms with Crippen LogP contribution < -0.4 is 4.90 Å². The quantitative estimate of drug-likeness (QED) is 0.470. The fourth-order valence-corrected chi connectivity index (χ4v) is 4.79. The SMILES string of the molecule is CCOC(=O)c1ccc(S(=O)(=O)N2CC[NH+](CN3C(=O)CCC3=O)CC2)cc1. The van der Waals surface area contributed by atoms with Gasteiger partial charge in [-0.05, 0) is 31.2 Å². The summed E-state index contributed by atoms with van der Waals surface area (Å²) in [7, 11) is -3.67. The molecule has 1 aromatic rings. The second-order valence-corrected chi connectivity index (χ2v) is 8.71. The molecule has 2 heterocycles. The van der Waals surface area contributed by atoms with Crippen molar-refractivity contribution < 1.29 is 32.4 Å². The van der Waals surface area contributed by atoms with E-state index < -0.39 is 16.0 Å². The molecular weight excluding hydrogens is 386 g/mol. The molecule has 152 valence electrons. The second-order valence-electron chi connectivity index (χ2n) is 6.77. The summed E-state index contributed by atoms with van der Waals surface area (Å²) in [5.41, 5.74) is 0.301. The number of sulfonamides is 1. The molecule has 2 saturated heterocycles. The van der Waals surface area contributed by atoms with E-state index in [1.54, 1.807) is 6.92 Å². The number of nitrogens with zero attached hydrogens (tertiary/aromatic N) is 2. The Morgan fingerprint density at radius 1 is 1.07 bits per heavy atom. The average molecular weight is 410 g/mol. The van der Waals surface area contributed by atoms with Gasteiger partial charge in [0.25, 0.3) is 0 Å². The molecule has 0 aromatic heterocycles. The van der Waals surface area contributed by atoms with Crippen molar-refractivity contribution in [3.05, 3.63) is 29.8 Å². The minimum Gasteiger partial charge on any atom is -0.462 e. The second kappa shape index (κ2) is 8.38. The number of amides is 2. The first-order valence-electron chi connectivity index (χ1n) is 9.27. The fraction of sp³-hybridized carbons (Fsp3) is 0.500. The van der Waals surface area contributed by atoms with E-state index in [1.165, 1.54) is 33.5 Å². The molecule has 2 amide bonds. The van der Waals surface area contributed by atoms with Gasteiger partial charge in [0.2, 0.25) is 21.8 Å². The molecule has 0 unspecified atom stereocenters. The number of likely N-dealkylation sites (tertiary alicyclic amines) is 1. The van der Waals surface area contributed by atoms with Crippen LogP contribution >= 0.6 is 0 Å². The number of carbonyl (C=O) groups excluding carboxylic acids is 3. The number of piperazine rings is 1. The van der Waals surface area contributed by atoms with Crippen LogP contribution in [-0.2, 0) is 24.3 Å². The number of esters is 1. The lowest BCUT2D eigenvalue weighted by molar-refractivity contribution is -0.910. The number of quaternary nitrogens is 1. The fourth-order valence-electron chi connectivity index (χ4n) is 3.35. The summed E-state index contributed by atoms with van der Waals surface area (Å²) in [6, 6.07) is 5.69. The molecule has 3 rings (SSSR count). The van der Waals surface area contributed by atoms with Gasteiger partial charge >= 0.3 is 5.97 Å². The summed E-state index contributed by atoms with van der Waals surface area (Å²) in [5.74, 6) is -0.807. The van der Waals surface area contributed by atoms with Crippen molar-refractivity contribution in [3.8, 4) is 0 Å². The van der Waals surface area contributed by atoms with Gasteiger partial charge in [0.15, 0.2) is 6.67 Å². The van der Waals surface area contributed by atoms with Crippen molar-refractivity contribution in [2.24, 2.45) is 0 Å². The summed E-state index contributed by atoms with van der Waals surface area (Å²) >= 11 is 0. The van der Waals surface area contributed by atoms with E-state index in [0.717, 1.165) is 4.90 Å². The van der Waals surface area contributed by atoms with Gasteiger partial charge in [0.1, 0.15) is 0 Å². The van der Waals surface area contributed by atoms with E-state index in [-0.39, 0.29) is 36.2 Å². The molecule has 0 atom stereocenters. The number of ether oxygens (including phenoxy) is 1. The highest BCUT2D eigenvalue weighted by Crippen LogP contribution is 2.17. The maximum absolute atomic E-state index is 12.8. The highest BCUT2D eigenvalue weighted by atomic mass is 32.2. The van der Waals surface area contributed by atoms with E-state index in [2.05, 4.69) is 0 Å². The molecule has 0 saturated carbocycles. The van der Waals surface area contributed by atoms with Gasteiger partial charge < -0.3 is 9.64 Å². The first-order valence-corrected chi connectivity index (χ1v) is 10.7. The van der Waals surface area contributed by atoms with Gasteiger partial charge in [-0.3, -0.25) is 9.59 Å². The van der Waals surface area contributed by atoms with Crippen LogP contribution in [0.15, 0.2) is 29.2 Å². The molecule has 2 aliphatic heterocycles. The summed E-state index contributed by atoms with van der Waals surface area (Å²) in [6.07, 6.45) is 0.517. The third kappa shape index (κ3) is 4.23. The summed E-state index contributed by atoms with van der Waals surface area (Å²) in [4.78, 5) is 37.6. The van der Waals surface area contributed by atoms with Crippen LogP contribution in [0.25, 0.3) is 0 Å². The maximum atomic E-state index is 12.8. The number of carbonyl (C=O) groups is 3. The van der Waals surface area contributed by atoms with Crippen molar-refractivity contribution in [1.82, 2.24) is 9.21 Å². The predicted molar refractivity (Wildman–Crippen MR) is 97.8 cm³/mol. The van der Waals surface area contributed by atoms with Crippen LogP contribution in [0.1, 0.15) is 30.1 Å². The molecule has 1 aromatic carbocycles. The van der Waals surface area contributed by atoms with E-state index in [0.29, 0.717) is 38.4 Å². The van der Waals surface area contributed by atoms with Gasteiger partial charge in [0.05, 0.1) is 43.2 Å². The monoisotopic (exact) mass is 410 g/mol. The number of hydrogen-bond acceptors (Lipinski definition) is 6. The van der Waals surface area contributed by atoms with Crippen molar-refractivity contribution >= 4 is 27.8 Å². The van der Waals surface area contributed by atoms with Crippen molar-refractivity contribution in [3.63, 3.8) is 0 Å². The first kappa shape index (κ1) is 20.4. The molecule has 2 fully saturated rings. The standard InChI is InChI=1S/C18H23N3O6S/c1-2-27-18(24)14-3-5-15(6-4-14)28(25,26)20-11-9-19(10-12-20)13-21-16(22)7-8-17(21)23/h3-6H,2,7-13H2,1H3/p+1. The summed E-state index contributed by atoms with van der Waals surface area (Å²) in [6.45, 7) is 3.86. The van der Waals surface area contributed by atoms with Crippen LogP contribution in [0.2, 0.25) is 0 Å². The topological polar surface area (TPSA) is 106 Å². The Morgan fingerprint density at radius 3 is 2.18 bits per heavy atom. The molecular formula is C18H24N3O6S+. The lowest BCUT2D eigenvalue weighted by Crippen LogP contribution is -3.16. The Bertz CT molecular complexity index is 844. The minimum atomic E-state index is -3.67. The Hall–Kier alpha value is -2.30. The third-order valence-corrected chi connectivity index (χ3v) is 6.88. The van der Waals surface area contributed by atoms with Crippen molar-refractivity contribution in [1.29, 1.82) is 0 Å². The summed E-state index contributed by atoms with van der Waals surface area (Å²) < 4.78 is 32.0. The number of nitrogens with one attached hydrogen (secondary N) is 1. The molecule has 0 radical (unpaired) electrons. The minimum absolute atomic E-state index is 0.119. The lowest BCUT2D eigenvalue weighted by Gasteiger charge is -2.32. The highest BCUT2D eigenvalue weighted by Gasteiger charge is 2.35. The van der Waals surface area contributed by atoms with Crippen molar-refractivity contribution in [2.45, 2.75) is 24.7 Å². The largest absolute Gasteiger partial charge is 0.462 e. The van der Waals surface area contributed by atoms with Crippen LogP contribution in [0, 0.1) is 0 Å². The first-order chi connectivity index (χ1) is 13.3. The molecule has 0 aliphatic carbocycles. The Labute approximate surface area is 163 Å². The lowest BCUT2D eigenvalue weighted by atomic mass is 10.2. The maximum Gasteiger partial charge on any atom is 0.338 e. The van der Waals surface area contributed by atoms with Crippen LogP contribution in [0.4, 0.5) is 0 Å². The number of hydrogen-bond donors (Lipinski definition) is 1. The molecule has 2 aliphatic rings. The normalized spacial score (nSPS) is 19.2. The molecule has 0 spiro atoms. The van der Waals surface area contributed by atoms with Crippen LogP contribution in [0.5, 0.6) is 0 Å². The molecule has 0 bridgehead atoms. The van der Waals surface area contributed by atoms with E-state index in [4.69, 9.17) is 4.74 Å². The van der Waals surface area contributed by atoms with E-state index >= 15 is 0 Å². The van der Waals surface area contributed by atoms with Gasteiger partial charge in [-0.15, -0.1) is 0 Å². The van der Waals surface area contributed by atoms with Gasteiger partial charge in [-0.2, -0.15) is 4.31 Å².